The van der Waals surface area contributed by atoms with Gasteiger partial charge >= 0.3 is 11.9 Å². The lowest BCUT2D eigenvalue weighted by molar-refractivity contribution is -0.142. The van der Waals surface area contributed by atoms with Gasteiger partial charge in [-0.15, -0.1) is 11.8 Å². The van der Waals surface area contributed by atoms with Gasteiger partial charge in [-0.1, -0.05) is 11.8 Å². The number of ether oxygens (including phenoxy) is 2. The van der Waals surface area contributed by atoms with Gasteiger partial charge in [0.25, 0.3) is 0 Å². The molecule has 1 unspecified atom stereocenters. The molecule has 1 aromatic carbocycles. The molecule has 11 heteroatoms. The number of hydrogen-bond acceptors (Lipinski definition) is 8. The molecular weight excluding hydrogens is 447 g/mol. The zero-order valence-corrected chi connectivity index (χ0v) is 18.7. The summed E-state index contributed by atoms with van der Waals surface area (Å²) in [7, 11) is 1.26. The number of esters is 2. The van der Waals surface area contributed by atoms with E-state index >= 15 is 0 Å². The highest BCUT2D eigenvalue weighted by Crippen LogP contribution is 2.28. The average molecular weight is 471 g/mol. The molecular formula is C20H23FN2O6S2. The third-order valence-corrected chi connectivity index (χ3v) is 6.19. The fraction of sp³-hybridized carbons (Fsp3) is 0.400. The highest BCUT2D eigenvalue weighted by Gasteiger charge is 2.27. The van der Waals surface area contributed by atoms with Crippen molar-refractivity contribution in [2.45, 2.75) is 18.6 Å². The Kier molecular flexibility index (Phi) is 9.86. The molecule has 0 spiro atoms. The Morgan fingerprint density at radius 3 is 2.71 bits per heavy atom. The maximum atomic E-state index is 12.9. The third-order valence-electron chi connectivity index (χ3n) is 4.05. The van der Waals surface area contributed by atoms with E-state index in [2.05, 4.69) is 10.1 Å². The van der Waals surface area contributed by atoms with Gasteiger partial charge in [-0.25, -0.2) is 9.18 Å². The molecule has 1 saturated heterocycles. The Balaban J connectivity index is 1.67. The average Bonchev–Trinajstić information content (AvgIpc) is 3.09. The molecule has 0 saturated carbocycles. The number of methoxy groups -OCH3 is 1. The Hall–Kier alpha value is -2.53. The summed E-state index contributed by atoms with van der Waals surface area (Å²) >= 11 is 2.37. The highest BCUT2D eigenvalue weighted by molar-refractivity contribution is 8.04. The molecule has 1 fully saturated rings. The van der Waals surface area contributed by atoms with Gasteiger partial charge < -0.3 is 19.7 Å². The summed E-state index contributed by atoms with van der Waals surface area (Å²) in [4.78, 5) is 48.8. The monoisotopic (exact) mass is 470 g/mol. The second kappa shape index (κ2) is 12.4. The molecule has 168 valence electrons. The van der Waals surface area contributed by atoms with Crippen LogP contribution < -0.4 is 5.32 Å². The number of anilines is 1. The maximum absolute atomic E-state index is 12.9. The van der Waals surface area contributed by atoms with Gasteiger partial charge in [0.15, 0.2) is 0 Å². The zero-order chi connectivity index (χ0) is 22.8. The van der Waals surface area contributed by atoms with Gasteiger partial charge in [0.2, 0.25) is 11.8 Å². The van der Waals surface area contributed by atoms with Crippen LogP contribution in [-0.4, -0.2) is 65.7 Å². The number of halogens is 1. The minimum absolute atomic E-state index is 0.0365. The fourth-order valence-corrected chi connectivity index (χ4v) is 4.07. The summed E-state index contributed by atoms with van der Waals surface area (Å²) in [5, 5.41) is 2.57. The SMILES string of the molecule is COC(=O)/C=C1/SCC(=O)N1CCCOC(=O)C(C)SCC(=O)Nc1ccc(F)cc1. The summed E-state index contributed by atoms with van der Waals surface area (Å²) in [6.07, 6.45) is 1.66. The molecule has 1 N–H and O–H groups in total. The predicted octanol–water partition coefficient (Wildman–Crippen LogP) is 2.41. The topological polar surface area (TPSA) is 102 Å². The summed E-state index contributed by atoms with van der Waals surface area (Å²) in [5.41, 5.74) is 0.470. The van der Waals surface area contributed by atoms with Crippen molar-refractivity contribution in [3.05, 3.63) is 41.2 Å². The molecule has 1 aliphatic heterocycles. The van der Waals surface area contributed by atoms with Crippen molar-refractivity contribution < 1.29 is 33.0 Å². The van der Waals surface area contributed by atoms with Crippen LogP contribution in [0.15, 0.2) is 35.4 Å². The van der Waals surface area contributed by atoms with Gasteiger partial charge in [0.1, 0.15) is 11.1 Å². The molecule has 2 rings (SSSR count). The molecule has 0 aromatic heterocycles. The predicted molar refractivity (Wildman–Crippen MR) is 117 cm³/mol. The molecule has 31 heavy (non-hydrogen) atoms. The van der Waals surface area contributed by atoms with E-state index in [1.54, 1.807) is 6.92 Å². The second-order valence-corrected chi connectivity index (χ2v) is 8.69. The summed E-state index contributed by atoms with van der Waals surface area (Å²) < 4.78 is 22.7. The van der Waals surface area contributed by atoms with Gasteiger partial charge in [-0.2, -0.15) is 0 Å². The van der Waals surface area contributed by atoms with Crippen LogP contribution in [0.25, 0.3) is 0 Å². The van der Waals surface area contributed by atoms with Crippen molar-refractivity contribution in [1.82, 2.24) is 4.90 Å². The quantitative estimate of drug-likeness (QED) is 0.316. The zero-order valence-electron chi connectivity index (χ0n) is 17.1. The first-order chi connectivity index (χ1) is 14.8. The van der Waals surface area contributed by atoms with E-state index in [9.17, 15) is 23.6 Å². The van der Waals surface area contributed by atoms with Crippen LogP contribution in [-0.2, 0) is 28.7 Å². The first kappa shape index (κ1) is 24.7. The number of rotatable bonds is 10. The molecule has 0 radical (unpaired) electrons. The van der Waals surface area contributed by atoms with Crippen LogP contribution in [0, 0.1) is 5.82 Å². The fourth-order valence-electron chi connectivity index (χ4n) is 2.44. The summed E-state index contributed by atoms with van der Waals surface area (Å²) in [5.74, 6) is -1.55. The van der Waals surface area contributed by atoms with E-state index in [4.69, 9.17) is 4.74 Å². The van der Waals surface area contributed by atoms with Crippen LogP contribution in [0.2, 0.25) is 0 Å². The number of carbonyl (C=O) groups excluding carboxylic acids is 4. The van der Waals surface area contributed by atoms with Crippen LogP contribution in [0.1, 0.15) is 13.3 Å². The van der Waals surface area contributed by atoms with Crippen LogP contribution >= 0.6 is 23.5 Å². The standard InChI is InChI=1S/C20H23FN2O6S2/c1-13(30-11-16(24)22-15-6-4-14(21)5-7-15)20(27)29-9-3-8-23-17(25)12-31-18(23)10-19(26)28-2/h4-7,10,13H,3,8-9,11-12H2,1-2H3,(H,22,24)/b18-10+. The number of hydrogen-bond donors (Lipinski definition) is 1. The van der Waals surface area contributed by atoms with E-state index in [-0.39, 0.29) is 29.9 Å². The van der Waals surface area contributed by atoms with Gasteiger partial charge in [-0.05, 0) is 37.6 Å². The molecule has 1 atom stereocenters. The lowest BCUT2D eigenvalue weighted by atomic mass is 10.3. The minimum atomic E-state index is -0.558. The van der Waals surface area contributed by atoms with Crippen molar-refractivity contribution in [3.63, 3.8) is 0 Å². The largest absolute Gasteiger partial charge is 0.466 e. The van der Waals surface area contributed by atoms with Gasteiger partial charge in [0.05, 0.1) is 36.3 Å². The molecule has 2 amide bonds. The first-order valence-corrected chi connectivity index (χ1v) is 11.4. The number of thioether (sulfide) groups is 2. The Morgan fingerprint density at radius 2 is 2.03 bits per heavy atom. The second-order valence-electron chi connectivity index (χ2n) is 6.37. The number of benzene rings is 1. The lowest BCUT2D eigenvalue weighted by Gasteiger charge is -2.17. The Morgan fingerprint density at radius 1 is 1.32 bits per heavy atom. The van der Waals surface area contributed by atoms with Crippen molar-refractivity contribution in [2.75, 3.05) is 37.1 Å². The van der Waals surface area contributed by atoms with E-state index in [0.717, 1.165) is 11.8 Å². The summed E-state index contributed by atoms with van der Waals surface area (Å²) in [6, 6.07) is 5.38. The van der Waals surface area contributed by atoms with Crippen LogP contribution in [0.4, 0.5) is 10.1 Å². The highest BCUT2D eigenvalue weighted by atomic mass is 32.2. The van der Waals surface area contributed by atoms with Crippen molar-refractivity contribution in [1.29, 1.82) is 0 Å². The maximum Gasteiger partial charge on any atom is 0.333 e. The molecule has 1 aromatic rings. The van der Waals surface area contributed by atoms with E-state index in [0.29, 0.717) is 23.7 Å². The number of carbonyl (C=O) groups is 4. The molecule has 1 heterocycles. The van der Waals surface area contributed by atoms with Crippen molar-refractivity contribution >= 4 is 53.0 Å². The van der Waals surface area contributed by atoms with E-state index < -0.39 is 23.0 Å². The molecule has 0 aliphatic carbocycles. The van der Waals surface area contributed by atoms with Crippen LogP contribution in [0.3, 0.4) is 0 Å². The van der Waals surface area contributed by atoms with E-state index in [1.807, 2.05) is 0 Å². The molecule has 1 aliphatic rings. The van der Waals surface area contributed by atoms with Gasteiger partial charge in [0, 0.05) is 12.2 Å². The minimum Gasteiger partial charge on any atom is -0.466 e. The smallest absolute Gasteiger partial charge is 0.333 e. The lowest BCUT2D eigenvalue weighted by Crippen LogP contribution is -2.28. The van der Waals surface area contributed by atoms with Crippen LogP contribution in [0.5, 0.6) is 0 Å². The number of amides is 2. The van der Waals surface area contributed by atoms with Crippen molar-refractivity contribution in [2.24, 2.45) is 0 Å². The first-order valence-electron chi connectivity index (χ1n) is 9.36. The third kappa shape index (κ3) is 8.25. The number of nitrogens with one attached hydrogen (secondary N) is 1. The Bertz CT molecular complexity index is 847. The normalized spacial score (nSPS) is 15.6. The molecule has 8 nitrogen and oxygen atoms in total. The summed E-state index contributed by atoms with van der Waals surface area (Å²) in [6.45, 7) is 2.05. The molecule has 0 bridgehead atoms. The van der Waals surface area contributed by atoms with E-state index in [1.165, 1.54) is 54.1 Å². The van der Waals surface area contributed by atoms with Gasteiger partial charge in [-0.3, -0.25) is 14.4 Å². The number of nitrogens with zero attached hydrogens (tertiary/aromatic N) is 1. The Labute approximate surface area is 187 Å². The van der Waals surface area contributed by atoms with Crippen molar-refractivity contribution in [3.8, 4) is 0 Å².